The average Bonchev–Trinajstić information content (AvgIpc) is 2.35. The van der Waals surface area contributed by atoms with Gasteiger partial charge >= 0.3 is 0 Å². The number of nitrogens with two attached hydrogens (primary N) is 1. The number of hydrogen-bond acceptors (Lipinski definition) is 3. The van der Waals surface area contributed by atoms with E-state index in [2.05, 4.69) is 4.72 Å². The van der Waals surface area contributed by atoms with Crippen LogP contribution in [0, 0.1) is 11.6 Å². The maximum atomic E-state index is 13.6. The van der Waals surface area contributed by atoms with E-state index in [4.69, 9.17) is 17.3 Å². The second-order valence-electron chi connectivity index (χ2n) is 4.27. The molecular formula is C13H11ClF2N2O2S. The Labute approximate surface area is 125 Å². The Morgan fingerprint density at radius 1 is 1.14 bits per heavy atom. The zero-order chi connectivity index (χ0) is 15.6. The lowest BCUT2D eigenvalue weighted by atomic mass is 10.2. The number of benzene rings is 2. The van der Waals surface area contributed by atoms with Gasteiger partial charge in [-0.25, -0.2) is 21.9 Å². The molecule has 0 saturated heterocycles. The SMILES string of the molecule is Nc1cc(F)c(S(=O)(=O)NCc2cccc(Cl)c2)c(F)c1. The van der Waals surface area contributed by atoms with Gasteiger partial charge < -0.3 is 5.73 Å². The molecule has 0 aliphatic carbocycles. The van der Waals surface area contributed by atoms with Crippen LogP contribution in [0.5, 0.6) is 0 Å². The fourth-order valence-electron chi connectivity index (χ4n) is 1.73. The summed E-state index contributed by atoms with van der Waals surface area (Å²) in [7, 11) is -4.35. The molecule has 3 N–H and O–H groups in total. The Morgan fingerprint density at radius 3 is 2.33 bits per heavy atom. The van der Waals surface area contributed by atoms with Crippen molar-refractivity contribution in [3.05, 3.63) is 58.6 Å². The zero-order valence-corrected chi connectivity index (χ0v) is 12.2. The molecule has 0 atom stereocenters. The summed E-state index contributed by atoms with van der Waals surface area (Å²) < 4.78 is 53.3. The second kappa shape index (κ2) is 5.97. The highest BCUT2D eigenvalue weighted by atomic mass is 35.5. The lowest BCUT2D eigenvalue weighted by Gasteiger charge is -2.09. The number of nitrogens with one attached hydrogen (secondary N) is 1. The summed E-state index contributed by atoms with van der Waals surface area (Å²) >= 11 is 5.77. The minimum absolute atomic E-state index is 0.147. The molecule has 0 saturated carbocycles. The summed E-state index contributed by atoms with van der Waals surface area (Å²) in [5.41, 5.74) is 5.61. The summed E-state index contributed by atoms with van der Waals surface area (Å²) in [6.45, 7) is -0.147. The Hall–Kier alpha value is -1.70. The Balaban J connectivity index is 2.27. The van der Waals surface area contributed by atoms with Crippen LogP contribution in [-0.2, 0) is 16.6 Å². The van der Waals surface area contributed by atoms with E-state index in [0.717, 1.165) is 12.1 Å². The van der Waals surface area contributed by atoms with Gasteiger partial charge in [0.2, 0.25) is 10.0 Å². The highest BCUT2D eigenvalue weighted by molar-refractivity contribution is 7.89. The first kappa shape index (κ1) is 15.7. The van der Waals surface area contributed by atoms with Crippen molar-refractivity contribution in [3.63, 3.8) is 0 Å². The average molecular weight is 333 g/mol. The largest absolute Gasteiger partial charge is 0.399 e. The van der Waals surface area contributed by atoms with Crippen LogP contribution in [0.2, 0.25) is 5.02 Å². The molecular weight excluding hydrogens is 322 g/mol. The Morgan fingerprint density at radius 2 is 1.76 bits per heavy atom. The normalized spacial score (nSPS) is 11.6. The molecule has 0 amide bonds. The molecule has 0 bridgehead atoms. The third-order valence-corrected chi connectivity index (χ3v) is 4.33. The van der Waals surface area contributed by atoms with Crippen molar-refractivity contribution in [2.75, 3.05) is 5.73 Å². The molecule has 2 rings (SSSR count). The lowest BCUT2D eigenvalue weighted by Crippen LogP contribution is -2.25. The first-order chi connectivity index (χ1) is 9.79. The van der Waals surface area contributed by atoms with Gasteiger partial charge in [-0.2, -0.15) is 0 Å². The van der Waals surface area contributed by atoms with E-state index in [-0.39, 0.29) is 12.2 Å². The highest BCUT2D eigenvalue weighted by Crippen LogP contribution is 2.22. The van der Waals surface area contributed by atoms with Gasteiger partial charge in [-0.3, -0.25) is 0 Å². The number of anilines is 1. The van der Waals surface area contributed by atoms with Crippen LogP contribution in [0.4, 0.5) is 14.5 Å². The van der Waals surface area contributed by atoms with Crippen LogP contribution in [0.25, 0.3) is 0 Å². The molecule has 0 radical (unpaired) electrons. The lowest BCUT2D eigenvalue weighted by molar-refractivity contribution is 0.514. The molecule has 0 unspecified atom stereocenters. The van der Waals surface area contributed by atoms with Gasteiger partial charge in [0.05, 0.1) is 0 Å². The number of sulfonamides is 1. The van der Waals surface area contributed by atoms with Gasteiger partial charge in [-0.15, -0.1) is 0 Å². The van der Waals surface area contributed by atoms with E-state index in [1.54, 1.807) is 24.3 Å². The van der Waals surface area contributed by atoms with Gasteiger partial charge in [0, 0.05) is 17.3 Å². The first-order valence-corrected chi connectivity index (χ1v) is 7.64. The van der Waals surface area contributed by atoms with Gasteiger partial charge in [0.25, 0.3) is 0 Å². The molecule has 2 aromatic rings. The quantitative estimate of drug-likeness (QED) is 0.845. The number of rotatable bonds is 4. The van der Waals surface area contributed by atoms with Crippen molar-refractivity contribution in [1.29, 1.82) is 0 Å². The van der Waals surface area contributed by atoms with E-state index < -0.39 is 26.6 Å². The molecule has 0 heterocycles. The fraction of sp³-hybridized carbons (Fsp3) is 0.0769. The first-order valence-electron chi connectivity index (χ1n) is 5.78. The van der Waals surface area contributed by atoms with E-state index in [1.165, 1.54) is 0 Å². The fourth-order valence-corrected chi connectivity index (χ4v) is 3.08. The highest BCUT2D eigenvalue weighted by Gasteiger charge is 2.24. The van der Waals surface area contributed by atoms with Crippen molar-refractivity contribution >= 4 is 27.3 Å². The van der Waals surface area contributed by atoms with Gasteiger partial charge in [-0.05, 0) is 29.8 Å². The van der Waals surface area contributed by atoms with E-state index in [0.29, 0.717) is 10.6 Å². The summed E-state index contributed by atoms with van der Waals surface area (Å²) in [5, 5.41) is 0.427. The zero-order valence-electron chi connectivity index (χ0n) is 10.6. The van der Waals surface area contributed by atoms with Crippen LogP contribution >= 0.6 is 11.6 Å². The molecule has 4 nitrogen and oxygen atoms in total. The van der Waals surface area contributed by atoms with Gasteiger partial charge in [-0.1, -0.05) is 23.7 Å². The minimum Gasteiger partial charge on any atom is -0.399 e. The maximum Gasteiger partial charge on any atom is 0.246 e. The Kier molecular flexibility index (Phi) is 4.46. The van der Waals surface area contributed by atoms with Crippen molar-refractivity contribution in [2.24, 2.45) is 0 Å². The predicted octanol–water partition coefficient (Wildman–Crippen LogP) is 2.68. The van der Waals surface area contributed by atoms with Crippen molar-refractivity contribution < 1.29 is 17.2 Å². The molecule has 8 heteroatoms. The molecule has 0 aliphatic rings. The number of hydrogen-bond donors (Lipinski definition) is 2. The van der Waals surface area contributed by atoms with E-state index in [1.807, 2.05) is 0 Å². The summed E-state index contributed by atoms with van der Waals surface area (Å²) in [5.74, 6) is -2.49. The minimum atomic E-state index is -4.35. The van der Waals surface area contributed by atoms with Crippen molar-refractivity contribution in [3.8, 4) is 0 Å². The molecule has 21 heavy (non-hydrogen) atoms. The number of nitrogen functional groups attached to an aromatic ring is 1. The molecule has 0 spiro atoms. The molecule has 2 aromatic carbocycles. The maximum absolute atomic E-state index is 13.6. The van der Waals surface area contributed by atoms with Crippen LogP contribution in [0.15, 0.2) is 41.3 Å². The standard InChI is InChI=1S/C13H11ClF2N2O2S/c14-9-3-1-2-8(4-9)7-18-21(19,20)13-11(15)5-10(17)6-12(13)16/h1-6,18H,7,17H2. The molecule has 112 valence electrons. The topological polar surface area (TPSA) is 72.2 Å². The molecule has 0 fully saturated rings. The molecule has 0 aromatic heterocycles. The van der Waals surface area contributed by atoms with Crippen LogP contribution < -0.4 is 10.5 Å². The van der Waals surface area contributed by atoms with E-state index in [9.17, 15) is 17.2 Å². The van der Waals surface area contributed by atoms with Crippen LogP contribution in [0.3, 0.4) is 0 Å². The summed E-state index contributed by atoms with van der Waals surface area (Å²) in [6, 6.07) is 7.92. The number of halogens is 3. The third-order valence-electron chi connectivity index (χ3n) is 2.64. The van der Waals surface area contributed by atoms with E-state index >= 15 is 0 Å². The smallest absolute Gasteiger partial charge is 0.246 e. The van der Waals surface area contributed by atoms with Crippen molar-refractivity contribution in [2.45, 2.75) is 11.4 Å². The van der Waals surface area contributed by atoms with Crippen LogP contribution in [0.1, 0.15) is 5.56 Å². The second-order valence-corrected chi connectivity index (χ2v) is 6.41. The monoisotopic (exact) mass is 332 g/mol. The predicted molar refractivity (Wildman–Crippen MR) is 76.2 cm³/mol. The summed E-state index contributed by atoms with van der Waals surface area (Å²) in [4.78, 5) is -1.06. The Bertz CT molecular complexity index is 758. The van der Waals surface area contributed by atoms with Crippen molar-refractivity contribution in [1.82, 2.24) is 4.72 Å². The van der Waals surface area contributed by atoms with Gasteiger partial charge in [0.15, 0.2) is 4.90 Å². The summed E-state index contributed by atoms with van der Waals surface area (Å²) in [6.07, 6.45) is 0. The third kappa shape index (κ3) is 3.69. The van der Waals surface area contributed by atoms with Gasteiger partial charge in [0.1, 0.15) is 11.6 Å². The van der Waals surface area contributed by atoms with Crippen LogP contribution in [-0.4, -0.2) is 8.42 Å². The molecule has 0 aliphatic heterocycles.